The summed E-state index contributed by atoms with van der Waals surface area (Å²) >= 11 is 6.15. The van der Waals surface area contributed by atoms with E-state index < -0.39 is 10.0 Å². The van der Waals surface area contributed by atoms with Gasteiger partial charge in [-0.25, -0.2) is 13.1 Å². The Morgan fingerprint density at radius 1 is 1.35 bits per heavy atom. The molecule has 0 unspecified atom stereocenters. The second-order valence-corrected chi connectivity index (χ2v) is 6.95. The van der Waals surface area contributed by atoms with Gasteiger partial charge in [0.1, 0.15) is 10.6 Å². The van der Waals surface area contributed by atoms with Crippen LogP contribution in [0, 0.1) is 13.8 Å². The summed E-state index contributed by atoms with van der Waals surface area (Å²) in [7, 11) is 1.55. The average Bonchev–Trinajstić information content (AvgIpc) is 2.34. The maximum absolute atomic E-state index is 12.4. The van der Waals surface area contributed by atoms with Crippen molar-refractivity contribution in [2.75, 3.05) is 34.3 Å². The van der Waals surface area contributed by atoms with Gasteiger partial charge in [0.15, 0.2) is 0 Å². The zero-order chi connectivity index (χ0) is 15.5. The fourth-order valence-electron chi connectivity index (χ4n) is 1.87. The monoisotopic (exact) mass is 320 g/mol. The molecular formula is C13H21ClN2O3S. The quantitative estimate of drug-likeness (QED) is 0.868. The van der Waals surface area contributed by atoms with Gasteiger partial charge in [-0.2, -0.15) is 0 Å². The zero-order valence-electron chi connectivity index (χ0n) is 12.4. The highest BCUT2D eigenvalue weighted by atomic mass is 35.5. The predicted octanol–water partition coefficient (Wildman–Crippen LogP) is 1.81. The minimum absolute atomic E-state index is 0.106. The molecule has 20 heavy (non-hydrogen) atoms. The maximum atomic E-state index is 12.4. The van der Waals surface area contributed by atoms with E-state index in [1.54, 1.807) is 13.0 Å². The molecule has 1 aromatic carbocycles. The van der Waals surface area contributed by atoms with Gasteiger partial charge >= 0.3 is 0 Å². The Morgan fingerprint density at radius 2 is 1.95 bits per heavy atom. The normalized spacial score (nSPS) is 11.9. The van der Waals surface area contributed by atoms with Crippen molar-refractivity contribution in [3.05, 3.63) is 22.2 Å². The van der Waals surface area contributed by atoms with Crippen molar-refractivity contribution >= 4 is 21.6 Å². The zero-order valence-corrected chi connectivity index (χ0v) is 14.0. The average molecular weight is 321 g/mol. The summed E-state index contributed by atoms with van der Waals surface area (Å²) in [5.74, 6) is 0.307. The maximum Gasteiger partial charge on any atom is 0.244 e. The third-order valence-corrected chi connectivity index (χ3v) is 5.14. The smallest absolute Gasteiger partial charge is 0.244 e. The second-order valence-electron chi connectivity index (χ2n) is 4.86. The topological polar surface area (TPSA) is 58.6 Å². The van der Waals surface area contributed by atoms with Gasteiger partial charge in [-0.1, -0.05) is 11.6 Å². The second kappa shape index (κ2) is 6.76. The summed E-state index contributed by atoms with van der Waals surface area (Å²) in [6.45, 7) is 4.43. The van der Waals surface area contributed by atoms with E-state index in [1.165, 1.54) is 7.11 Å². The molecule has 0 heterocycles. The Morgan fingerprint density at radius 3 is 2.45 bits per heavy atom. The first-order chi connectivity index (χ1) is 9.20. The number of hydrogen-bond donors (Lipinski definition) is 1. The van der Waals surface area contributed by atoms with Gasteiger partial charge in [-0.05, 0) is 45.1 Å². The molecule has 0 aliphatic rings. The van der Waals surface area contributed by atoms with Gasteiger partial charge < -0.3 is 9.64 Å². The highest BCUT2D eigenvalue weighted by Crippen LogP contribution is 2.34. The van der Waals surface area contributed by atoms with Crippen LogP contribution in [0.4, 0.5) is 0 Å². The molecule has 0 saturated heterocycles. The predicted molar refractivity (Wildman–Crippen MR) is 81.2 cm³/mol. The molecule has 0 aromatic heterocycles. The summed E-state index contributed by atoms with van der Waals surface area (Å²) in [6, 6.07) is 1.63. The van der Waals surface area contributed by atoms with E-state index in [2.05, 4.69) is 4.72 Å². The number of methoxy groups -OCH3 is 1. The number of nitrogens with zero attached hydrogens (tertiary/aromatic N) is 1. The van der Waals surface area contributed by atoms with Gasteiger partial charge in [0.05, 0.1) is 7.11 Å². The molecule has 0 spiro atoms. The highest BCUT2D eigenvalue weighted by Gasteiger charge is 2.24. The Kier molecular flexibility index (Phi) is 5.82. The molecule has 7 heteroatoms. The summed E-state index contributed by atoms with van der Waals surface area (Å²) in [5, 5.41) is 0.443. The molecule has 1 rings (SSSR count). The number of hydrogen-bond acceptors (Lipinski definition) is 4. The van der Waals surface area contributed by atoms with E-state index in [0.29, 0.717) is 29.4 Å². The standard InChI is InChI=1S/C13H21ClN2O3S/c1-9-8-11(19-5)13(10(2)12(9)14)20(17,18)15-6-7-16(3)4/h8,15H,6-7H2,1-5H3. The van der Waals surface area contributed by atoms with Gasteiger partial charge in [0.25, 0.3) is 0 Å². The van der Waals surface area contributed by atoms with E-state index in [-0.39, 0.29) is 4.90 Å². The van der Waals surface area contributed by atoms with Gasteiger partial charge in [0, 0.05) is 18.1 Å². The van der Waals surface area contributed by atoms with Crippen LogP contribution >= 0.6 is 11.6 Å². The number of nitrogens with one attached hydrogen (secondary N) is 1. The van der Waals surface area contributed by atoms with Crippen molar-refractivity contribution in [1.29, 1.82) is 0 Å². The molecular weight excluding hydrogens is 300 g/mol. The van der Waals surface area contributed by atoms with Crippen molar-refractivity contribution in [2.24, 2.45) is 0 Å². The number of aryl methyl sites for hydroxylation is 1. The lowest BCUT2D eigenvalue weighted by Gasteiger charge is -2.16. The minimum Gasteiger partial charge on any atom is -0.495 e. The Balaban J connectivity index is 3.20. The molecule has 0 saturated carbocycles. The SMILES string of the molecule is COc1cc(C)c(Cl)c(C)c1S(=O)(=O)NCCN(C)C. The highest BCUT2D eigenvalue weighted by molar-refractivity contribution is 7.89. The Bertz CT molecular complexity index is 586. The molecule has 5 nitrogen and oxygen atoms in total. The first-order valence-electron chi connectivity index (χ1n) is 6.18. The summed E-state index contributed by atoms with van der Waals surface area (Å²) in [6.07, 6.45) is 0. The van der Waals surface area contributed by atoms with Gasteiger partial charge in [-0.3, -0.25) is 0 Å². The first-order valence-corrected chi connectivity index (χ1v) is 8.05. The van der Waals surface area contributed by atoms with E-state index in [4.69, 9.17) is 16.3 Å². The molecule has 0 fully saturated rings. The summed E-state index contributed by atoms with van der Waals surface area (Å²) < 4.78 is 32.6. The molecule has 0 aliphatic carbocycles. The lowest BCUT2D eigenvalue weighted by atomic mass is 10.1. The largest absolute Gasteiger partial charge is 0.495 e. The molecule has 114 valence electrons. The van der Waals surface area contributed by atoms with Crippen LogP contribution in [0.2, 0.25) is 5.02 Å². The van der Waals surface area contributed by atoms with Crippen LogP contribution in [0.15, 0.2) is 11.0 Å². The Hall–Kier alpha value is -0.820. The molecule has 0 atom stereocenters. The molecule has 1 aromatic rings. The molecule has 0 bridgehead atoms. The first kappa shape index (κ1) is 17.2. The van der Waals surface area contributed by atoms with Crippen LogP contribution in [-0.2, 0) is 10.0 Å². The van der Waals surface area contributed by atoms with Crippen LogP contribution in [0.3, 0.4) is 0 Å². The number of sulfonamides is 1. The van der Waals surface area contributed by atoms with Gasteiger partial charge in [-0.15, -0.1) is 0 Å². The van der Waals surface area contributed by atoms with Crippen molar-refractivity contribution in [3.8, 4) is 5.75 Å². The summed E-state index contributed by atoms with van der Waals surface area (Å²) in [5.41, 5.74) is 1.29. The summed E-state index contributed by atoms with van der Waals surface area (Å²) in [4.78, 5) is 2.00. The van der Waals surface area contributed by atoms with Crippen molar-refractivity contribution in [1.82, 2.24) is 9.62 Å². The van der Waals surface area contributed by atoms with Gasteiger partial charge in [0.2, 0.25) is 10.0 Å². The fraction of sp³-hybridized carbons (Fsp3) is 0.538. The lowest BCUT2D eigenvalue weighted by molar-refractivity contribution is 0.399. The fourth-order valence-corrected chi connectivity index (χ4v) is 3.49. The van der Waals surface area contributed by atoms with E-state index in [1.807, 2.05) is 25.9 Å². The van der Waals surface area contributed by atoms with Crippen LogP contribution in [0.5, 0.6) is 5.75 Å². The molecule has 0 amide bonds. The van der Waals surface area contributed by atoms with Crippen molar-refractivity contribution in [2.45, 2.75) is 18.7 Å². The van der Waals surface area contributed by atoms with E-state index in [9.17, 15) is 8.42 Å². The van der Waals surface area contributed by atoms with Crippen LogP contribution in [0.1, 0.15) is 11.1 Å². The number of benzene rings is 1. The minimum atomic E-state index is -3.65. The number of halogens is 1. The van der Waals surface area contributed by atoms with Crippen LogP contribution < -0.4 is 9.46 Å². The number of ether oxygens (including phenoxy) is 1. The van der Waals surface area contributed by atoms with E-state index >= 15 is 0 Å². The number of rotatable bonds is 6. The van der Waals surface area contributed by atoms with Crippen LogP contribution in [0.25, 0.3) is 0 Å². The molecule has 0 aliphatic heterocycles. The lowest BCUT2D eigenvalue weighted by Crippen LogP contribution is -2.32. The third-order valence-electron chi connectivity index (χ3n) is 2.93. The molecule has 1 N–H and O–H groups in total. The molecule has 0 radical (unpaired) electrons. The van der Waals surface area contributed by atoms with E-state index in [0.717, 1.165) is 5.56 Å². The third kappa shape index (κ3) is 3.85. The van der Waals surface area contributed by atoms with Crippen molar-refractivity contribution in [3.63, 3.8) is 0 Å². The number of likely N-dealkylation sites (N-methyl/N-ethyl adjacent to an activating group) is 1. The Labute approximate surface area is 125 Å². The van der Waals surface area contributed by atoms with Crippen LogP contribution in [-0.4, -0.2) is 47.6 Å². The van der Waals surface area contributed by atoms with Crippen molar-refractivity contribution < 1.29 is 13.2 Å².